The summed E-state index contributed by atoms with van der Waals surface area (Å²) in [5, 5.41) is 2.87. The van der Waals surface area contributed by atoms with Gasteiger partial charge in [-0.05, 0) is 83.2 Å². The van der Waals surface area contributed by atoms with Gasteiger partial charge in [0.05, 0.1) is 27.0 Å². The lowest BCUT2D eigenvalue weighted by Gasteiger charge is -2.28. The average Bonchev–Trinajstić information content (AvgIpc) is 3.34. The summed E-state index contributed by atoms with van der Waals surface area (Å²) in [6.45, 7) is 2.48. The maximum atomic E-state index is 13.3. The fourth-order valence-corrected chi connectivity index (χ4v) is 7.72. The second kappa shape index (κ2) is 11.7. The highest BCUT2D eigenvalue weighted by atomic mass is 79.9. The van der Waals surface area contributed by atoms with Crippen molar-refractivity contribution < 1.29 is 22.7 Å². The topological polar surface area (TPSA) is 96.0 Å². The predicted molar refractivity (Wildman–Crippen MR) is 149 cm³/mol. The van der Waals surface area contributed by atoms with Crippen molar-refractivity contribution in [2.45, 2.75) is 30.7 Å². The standard InChI is InChI=1S/C26H28BrN3O5S2/c1-29(20-12-8-19(9-13-20)26(32)35-2)37(33,34)23-16-22(36-24(23)27)25(31)28-17-18-6-10-21(11-7-18)30-14-4-3-5-15-30/h6-13,16H,3-5,14-15,17H2,1-2H3,(H,28,31). The highest BCUT2D eigenvalue weighted by molar-refractivity contribution is 9.11. The number of sulfonamides is 1. The number of hydrogen-bond acceptors (Lipinski definition) is 7. The van der Waals surface area contributed by atoms with Gasteiger partial charge in [-0.15, -0.1) is 11.3 Å². The summed E-state index contributed by atoms with van der Waals surface area (Å²) in [6.07, 6.45) is 3.70. The van der Waals surface area contributed by atoms with Gasteiger partial charge in [0.25, 0.3) is 15.9 Å². The summed E-state index contributed by atoms with van der Waals surface area (Å²) >= 11 is 4.37. The van der Waals surface area contributed by atoms with Crippen molar-refractivity contribution in [1.29, 1.82) is 0 Å². The van der Waals surface area contributed by atoms with E-state index in [1.807, 2.05) is 12.1 Å². The molecule has 2 aromatic carbocycles. The molecule has 0 aliphatic carbocycles. The Hall–Kier alpha value is -2.89. The van der Waals surface area contributed by atoms with Crippen LogP contribution in [0.1, 0.15) is 44.9 Å². The maximum absolute atomic E-state index is 13.3. The summed E-state index contributed by atoms with van der Waals surface area (Å²) in [5.74, 6) is -0.858. The lowest BCUT2D eigenvalue weighted by molar-refractivity contribution is 0.0600. The molecule has 1 N–H and O–H groups in total. The number of benzene rings is 2. The Kier molecular flexibility index (Phi) is 8.56. The van der Waals surface area contributed by atoms with Gasteiger partial charge in [-0.3, -0.25) is 9.10 Å². The van der Waals surface area contributed by atoms with Gasteiger partial charge in [-0.25, -0.2) is 13.2 Å². The zero-order valence-electron chi connectivity index (χ0n) is 20.6. The molecule has 0 atom stereocenters. The third-order valence-electron chi connectivity index (χ3n) is 6.28. The molecular weight excluding hydrogens is 578 g/mol. The largest absolute Gasteiger partial charge is 0.465 e. The van der Waals surface area contributed by atoms with Gasteiger partial charge in [0.2, 0.25) is 0 Å². The minimum absolute atomic E-state index is 0.00641. The van der Waals surface area contributed by atoms with E-state index in [1.54, 1.807) is 0 Å². The molecular formula is C26H28BrN3O5S2. The monoisotopic (exact) mass is 605 g/mol. The highest BCUT2D eigenvalue weighted by Crippen LogP contribution is 2.35. The van der Waals surface area contributed by atoms with Crippen LogP contribution in [0.25, 0.3) is 0 Å². The number of nitrogens with zero attached hydrogens (tertiary/aromatic N) is 2. The number of halogens is 1. The van der Waals surface area contributed by atoms with Crippen LogP contribution in [0.5, 0.6) is 0 Å². The van der Waals surface area contributed by atoms with Crippen molar-refractivity contribution in [2.24, 2.45) is 0 Å². The van der Waals surface area contributed by atoms with Gasteiger partial charge in [-0.1, -0.05) is 12.1 Å². The van der Waals surface area contributed by atoms with E-state index in [-0.39, 0.29) is 15.7 Å². The van der Waals surface area contributed by atoms with Crippen LogP contribution in [0.3, 0.4) is 0 Å². The summed E-state index contributed by atoms with van der Waals surface area (Å²) in [6, 6.07) is 15.6. The fourth-order valence-electron chi connectivity index (χ4n) is 4.10. The first-order valence-electron chi connectivity index (χ1n) is 11.8. The van der Waals surface area contributed by atoms with Crippen LogP contribution in [0.2, 0.25) is 0 Å². The number of carbonyl (C=O) groups excluding carboxylic acids is 2. The Morgan fingerprint density at radius 1 is 1.05 bits per heavy atom. The minimum atomic E-state index is -3.96. The van der Waals surface area contributed by atoms with Crippen molar-refractivity contribution >= 4 is 60.5 Å². The molecule has 8 nitrogen and oxygen atoms in total. The first-order valence-corrected chi connectivity index (χ1v) is 14.8. The predicted octanol–water partition coefficient (Wildman–Crippen LogP) is 5.04. The number of piperidine rings is 1. The Bertz CT molecular complexity index is 1370. The number of amides is 1. The zero-order chi connectivity index (χ0) is 26.6. The maximum Gasteiger partial charge on any atom is 0.337 e. The van der Waals surface area contributed by atoms with Crippen LogP contribution in [0.4, 0.5) is 11.4 Å². The van der Waals surface area contributed by atoms with Gasteiger partial charge < -0.3 is 15.0 Å². The molecule has 11 heteroatoms. The molecule has 1 fully saturated rings. The number of esters is 1. The second-order valence-corrected chi connectivity index (χ2v) is 13.0. The van der Waals surface area contributed by atoms with E-state index >= 15 is 0 Å². The number of rotatable bonds is 8. The minimum Gasteiger partial charge on any atom is -0.465 e. The van der Waals surface area contributed by atoms with Crippen LogP contribution in [0, 0.1) is 0 Å². The van der Waals surface area contributed by atoms with Crippen molar-refractivity contribution in [1.82, 2.24) is 5.32 Å². The number of methoxy groups -OCH3 is 1. The molecule has 4 rings (SSSR count). The molecule has 1 aliphatic heterocycles. The van der Waals surface area contributed by atoms with E-state index in [4.69, 9.17) is 0 Å². The molecule has 37 heavy (non-hydrogen) atoms. The van der Waals surface area contributed by atoms with Gasteiger partial charge >= 0.3 is 5.97 Å². The Morgan fingerprint density at radius 2 is 1.70 bits per heavy atom. The molecule has 1 aromatic heterocycles. The quantitative estimate of drug-likeness (QED) is 0.361. The molecule has 2 heterocycles. The summed E-state index contributed by atoms with van der Waals surface area (Å²) in [7, 11) is -1.27. The van der Waals surface area contributed by atoms with Crippen molar-refractivity contribution in [2.75, 3.05) is 36.5 Å². The normalized spacial score (nSPS) is 13.8. The summed E-state index contributed by atoms with van der Waals surface area (Å²) in [5.41, 5.74) is 2.84. The lowest BCUT2D eigenvalue weighted by atomic mass is 10.1. The van der Waals surface area contributed by atoms with Gasteiger partial charge in [0.15, 0.2) is 0 Å². The lowest BCUT2D eigenvalue weighted by Crippen LogP contribution is -2.29. The van der Waals surface area contributed by atoms with Crippen molar-refractivity contribution in [3.05, 3.63) is 74.4 Å². The van der Waals surface area contributed by atoms with Crippen LogP contribution in [-0.4, -0.2) is 47.5 Å². The molecule has 0 spiro atoms. The average molecular weight is 607 g/mol. The van der Waals surface area contributed by atoms with E-state index in [9.17, 15) is 18.0 Å². The molecule has 0 unspecified atom stereocenters. The van der Waals surface area contributed by atoms with Crippen molar-refractivity contribution in [3.63, 3.8) is 0 Å². The fraction of sp³-hybridized carbons (Fsp3) is 0.308. The van der Waals surface area contributed by atoms with E-state index in [0.29, 0.717) is 21.6 Å². The number of hydrogen-bond donors (Lipinski definition) is 1. The number of anilines is 2. The van der Waals surface area contributed by atoms with Gasteiger partial charge in [0.1, 0.15) is 4.90 Å². The van der Waals surface area contributed by atoms with Gasteiger partial charge in [-0.2, -0.15) is 0 Å². The molecule has 0 radical (unpaired) electrons. The molecule has 1 saturated heterocycles. The number of thiophene rings is 1. The summed E-state index contributed by atoms with van der Waals surface area (Å²) < 4.78 is 32.7. The number of nitrogens with one attached hydrogen (secondary N) is 1. The van der Waals surface area contributed by atoms with Crippen LogP contribution < -0.4 is 14.5 Å². The van der Waals surface area contributed by atoms with E-state index in [1.165, 1.54) is 69.4 Å². The van der Waals surface area contributed by atoms with Crippen LogP contribution >= 0.6 is 27.3 Å². The molecule has 0 bridgehead atoms. The summed E-state index contributed by atoms with van der Waals surface area (Å²) in [4.78, 5) is 27.1. The molecule has 1 aliphatic rings. The third-order valence-corrected chi connectivity index (χ3v) is 10.3. The smallest absolute Gasteiger partial charge is 0.337 e. The first-order chi connectivity index (χ1) is 17.7. The SMILES string of the molecule is COC(=O)c1ccc(N(C)S(=O)(=O)c2cc(C(=O)NCc3ccc(N4CCCCC4)cc3)sc2Br)cc1. The third kappa shape index (κ3) is 6.16. The van der Waals surface area contributed by atoms with E-state index < -0.39 is 16.0 Å². The Morgan fingerprint density at radius 3 is 2.32 bits per heavy atom. The Labute approximate surface area is 229 Å². The molecule has 3 aromatic rings. The molecule has 196 valence electrons. The van der Waals surface area contributed by atoms with Crippen LogP contribution in [0.15, 0.2) is 63.3 Å². The zero-order valence-corrected chi connectivity index (χ0v) is 23.8. The number of carbonyl (C=O) groups is 2. The molecule has 0 saturated carbocycles. The van der Waals surface area contributed by atoms with Gasteiger partial charge in [0, 0.05) is 32.4 Å². The molecule has 1 amide bonds. The highest BCUT2D eigenvalue weighted by Gasteiger charge is 2.28. The van der Waals surface area contributed by atoms with E-state index in [0.717, 1.165) is 34.3 Å². The van der Waals surface area contributed by atoms with Crippen LogP contribution in [-0.2, 0) is 21.3 Å². The second-order valence-electron chi connectivity index (χ2n) is 8.66. The van der Waals surface area contributed by atoms with E-state index in [2.05, 4.69) is 43.0 Å². The first kappa shape index (κ1) is 27.2. The van der Waals surface area contributed by atoms with Crippen molar-refractivity contribution in [3.8, 4) is 0 Å². The Balaban J connectivity index is 1.42. The number of ether oxygens (including phenoxy) is 1.